The lowest BCUT2D eigenvalue weighted by Gasteiger charge is -1.96. The fourth-order valence-corrected chi connectivity index (χ4v) is 2.31. The van der Waals surface area contributed by atoms with Gasteiger partial charge in [-0.2, -0.15) is 0 Å². The van der Waals surface area contributed by atoms with E-state index in [2.05, 4.69) is 15.9 Å². The van der Waals surface area contributed by atoms with E-state index in [1.54, 1.807) is 12.1 Å². The van der Waals surface area contributed by atoms with E-state index in [0.717, 1.165) is 10.0 Å². The summed E-state index contributed by atoms with van der Waals surface area (Å²) < 4.78 is 6.62. The highest BCUT2D eigenvalue weighted by Crippen LogP contribution is 2.35. The molecule has 5 nitrogen and oxygen atoms in total. The SMILES string of the molecule is Nc1cc([N+](=O)[O-])c2cc(-c3ccc(Br)cc3)oc2c1. The van der Waals surface area contributed by atoms with E-state index >= 15 is 0 Å². The quantitative estimate of drug-likeness (QED) is 0.429. The normalized spacial score (nSPS) is 10.8. The van der Waals surface area contributed by atoms with Gasteiger partial charge in [-0.3, -0.25) is 10.1 Å². The zero-order valence-electron chi connectivity index (χ0n) is 10.2. The lowest BCUT2D eigenvalue weighted by Crippen LogP contribution is -1.91. The first-order chi connectivity index (χ1) is 9.54. The zero-order chi connectivity index (χ0) is 14.3. The largest absolute Gasteiger partial charge is 0.456 e. The van der Waals surface area contributed by atoms with Crippen LogP contribution < -0.4 is 5.73 Å². The van der Waals surface area contributed by atoms with Gasteiger partial charge in [0.1, 0.15) is 11.3 Å². The molecule has 1 heterocycles. The number of nitro benzene ring substituents is 1. The first-order valence-corrected chi connectivity index (χ1v) is 6.57. The predicted molar refractivity (Wildman–Crippen MR) is 80.4 cm³/mol. The first-order valence-electron chi connectivity index (χ1n) is 5.78. The zero-order valence-corrected chi connectivity index (χ0v) is 11.8. The Bertz CT molecular complexity index is 809. The second kappa shape index (κ2) is 4.64. The molecule has 3 aromatic rings. The highest BCUT2D eigenvalue weighted by molar-refractivity contribution is 9.10. The van der Waals surface area contributed by atoms with Crippen LogP contribution in [0.25, 0.3) is 22.3 Å². The van der Waals surface area contributed by atoms with Crippen LogP contribution in [0.3, 0.4) is 0 Å². The van der Waals surface area contributed by atoms with E-state index in [0.29, 0.717) is 22.4 Å². The van der Waals surface area contributed by atoms with E-state index in [-0.39, 0.29) is 5.69 Å². The van der Waals surface area contributed by atoms with E-state index in [9.17, 15) is 10.1 Å². The number of rotatable bonds is 2. The molecule has 0 atom stereocenters. The number of nitrogens with two attached hydrogens (primary N) is 1. The maximum absolute atomic E-state index is 11.1. The third-order valence-corrected chi connectivity index (χ3v) is 3.49. The second-order valence-corrected chi connectivity index (χ2v) is 5.24. The van der Waals surface area contributed by atoms with E-state index in [4.69, 9.17) is 10.2 Å². The third-order valence-electron chi connectivity index (χ3n) is 2.96. The van der Waals surface area contributed by atoms with Crippen LogP contribution in [0.4, 0.5) is 11.4 Å². The molecule has 0 amide bonds. The van der Waals surface area contributed by atoms with Gasteiger partial charge in [0.15, 0.2) is 0 Å². The molecule has 0 spiro atoms. The summed E-state index contributed by atoms with van der Waals surface area (Å²) >= 11 is 3.36. The van der Waals surface area contributed by atoms with Crippen molar-refractivity contribution in [2.75, 3.05) is 5.73 Å². The Morgan fingerprint density at radius 3 is 2.50 bits per heavy atom. The van der Waals surface area contributed by atoms with Crippen LogP contribution in [0, 0.1) is 10.1 Å². The molecule has 20 heavy (non-hydrogen) atoms. The molecule has 0 aliphatic heterocycles. The smallest absolute Gasteiger partial charge is 0.282 e. The van der Waals surface area contributed by atoms with Crippen molar-refractivity contribution in [1.82, 2.24) is 0 Å². The van der Waals surface area contributed by atoms with Crippen LogP contribution in [0.5, 0.6) is 0 Å². The fraction of sp³-hybridized carbons (Fsp3) is 0. The molecule has 0 radical (unpaired) electrons. The number of benzene rings is 2. The van der Waals surface area contributed by atoms with Gasteiger partial charge < -0.3 is 10.2 Å². The second-order valence-electron chi connectivity index (χ2n) is 4.33. The van der Waals surface area contributed by atoms with Crippen molar-refractivity contribution < 1.29 is 9.34 Å². The van der Waals surface area contributed by atoms with Crippen LogP contribution in [-0.2, 0) is 0 Å². The Morgan fingerprint density at radius 1 is 1.15 bits per heavy atom. The van der Waals surface area contributed by atoms with Gasteiger partial charge in [0.2, 0.25) is 0 Å². The van der Waals surface area contributed by atoms with Crippen LogP contribution in [-0.4, -0.2) is 4.92 Å². The van der Waals surface area contributed by atoms with Crippen LogP contribution in [0.2, 0.25) is 0 Å². The lowest BCUT2D eigenvalue weighted by molar-refractivity contribution is -0.383. The average Bonchev–Trinajstić information content (AvgIpc) is 2.81. The number of fused-ring (bicyclic) bond motifs is 1. The topological polar surface area (TPSA) is 82.3 Å². The van der Waals surface area contributed by atoms with Crippen LogP contribution in [0.15, 0.2) is 51.4 Å². The maximum Gasteiger partial charge on any atom is 0.282 e. The van der Waals surface area contributed by atoms with Crippen molar-refractivity contribution in [3.63, 3.8) is 0 Å². The number of furan rings is 1. The molecule has 100 valence electrons. The summed E-state index contributed by atoms with van der Waals surface area (Å²) in [6.07, 6.45) is 0. The Balaban J connectivity index is 2.22. The van der Waals surface area contributed by atoms with Gasteiger partial charge in [-0.15, -0.1) is 0 Å². The highest BCUT2D eigenvalue weighted by atomic mass is 79.9. The minimum absolute atomic E-state index is 0.0490. The minimum Gasteiger partial charge on any atom is -0.456 e. The van der Waals surface area contributed by atoms with E-state index in [1.165, 1.54) is 6.07 Å². The van der Waals surface area contributed by atoms with Gasteiger partial charge in [0.05, 0.1) is 10.3 Å². The number of hydrogen-bond donors (Lipinski definition) is 1. The molecule has 0 aliphatic carbocycles. The van der Waals surface area contributed by atoms with Crippen molar-refractivity contribution in [3.05, 3.63) is 57.1 Å². The van der Waals surface area contributed by atoms with E-state index in [1.807, 2.05) is 24.3 Å². The standard InChI is InChI=1S/C14H9BrN2O3/c15-9-3-1-8(2-4-9)13-7-11-12(17(18)19)5-10(16)6-14(11)20-13/h1-7H,16H2. The Hall–Kier alpha value is -2.34. The lowest BCUT2D eigenvalue weighted by atomic mass is 10.1. The van der Waals surface area contributed by atoms with Crippen molar-refractivity contribution in [1.29, 1.82) is 0 Å². The first kappa shape index (κ1) is 12.7. The summed E-state index contributed by atoms with van der Waals surface area (Å²) in [7, 11) is 0. The fourth-order valence-electron chi connectivity index (χ4n) is 2.05. The summed E-state index contributed by atoms with van der Waals surface area (Å²) in [6, 6.07) is 12.1. The number of nitro groups is 1. The summed E-state index contributed by atoms with van der Waals surface area (Å²) in [5.41, 5.74) is 7.17. The summed E-state index contributed by atoms with van der Waals surface area (Å²) in [5, 5.41) is 11.5. The predicted octanol–water partition coefficient (Wildman–Crippen LogP) is 4.35. The number of anilines is 1. The number of hydrogen-bond acceptors (Lipinski definition) is 4. The Morgan fingerprint density at radius 2 is 1.85 bits per heavy atom. The number of nitrogen functional groups attached to an aromatic ring is 1. The molecule has 6 heteroatoms. The van der Waals surface area contributed by atoms with Crippen molar-refractivity contribution >= 4 is 38.3 Å². The summed E-state index contributed by atoms with van der Waals surface area (Å²) in [4.78, 5) is 10.6. The van der Waals surface area contributed by atoms with Gasteiger partial charge in [-0.05, 0) is 18.2 Å². The van der Waals surface area contributed by atoms with Crippen molar-refractivity contribution in [2.45, 2.75) is 0 Å². The monoisotopic (exact) mass is 332 g/mol. The molecular weight excluding hydrogens is 324 g/mol. The van der Waals surface area contributed by atoms with Gasteiger partial charge in [-0.1, -0.05) is 28.1 Å². The molecule has 0 saturated heterocycles. The van der Waals surface area contributed by atoms with E-state index < -0.39 is 4.92 Å². The Labute approximate surface area is 122 Å². The number of halogens is 1. The van der Waals surface area contributed by atoms with Gasteiger partial charge in [0.25, 0.3) is 5.69 Å². The third kappa shape index (κ3) is 2.14. The van der Waals surface area contributed by atoms with Crippen LogP contribution in [0.1, 0.15) is 0 Å². The highest BCUT2D eigenvalue weighted by Gasteiger charge is 2.17. The molecule has 3 rings (SSSR count). The van der Waals surface area contributed by atoms with Crippen molar-refractivity contribution in [3.8, 4) is 11.3 Å². The number of nitrogens with zero attached hydrogens (tertiary/aromatic N) is 1. The molecule has 1 aromatic heterocycles. The average molecular weight is 333 g/mol. The summed E-state index contributed by atoms with van der Waals surface area (Å²) in [6.45, 7) is 0. The maximum atomic E-state index is 11.1. The van der Waals surface area contributed by atoms with Crippen molar-refractivity contribution in [2.24, 2.45) is 0 Å². The molecule has 0 bridgehead atoms. The minimum atomic E-state index is -0.459. The molecule has 0 aliphatic rings. The van der Waals surface area contributed by atoms with Gasteiger partial charge in [-0.25, -0.2) is 0 Å². The molecule has 2 N–H and O–H groups in total. The van der Waals surface area contributed by atoms with Crippen LogP contribution >= 0.6 is 15.9 Å². The Kier molecular flexibility index (Phi) is 2.94. The van der Waals surface area contributed by atoms with Gasteiger partial charge >= 0.3 is 0 Å². The molecule has 0 unspecified atom stereocenters. The molecule has 2 aromatic carbocycles. The molecule has 0 fully saturated rings. The summed E-state index contributed by atoms with van der Waals surface area (Å²) in [5.74, 6) is 0.571. The molecule has 0 saturated carbocycles. The number of non-ortho nitro benzene ring substituents is 1. The molecular formula is C14H9BrN2O3. The van der Waals surface area contributed by atoms with Gasteiger partial charge in [0, 0.05) is 27.9 Å².